The number of rotatable bonds is 5. The zero-order valence-corrected chi connectivity index (χ0v) is 8.03. The third-order valence-corrected chi connectivity index (χ3v) is 1.73. The highest BCUT2D eigenvalue weighted by atomic mass is 19.4. The minimum absolute atomic E-state index is 0.208. The summed E-state index contributed by atoms with van der Waals surface area (Å²) in [6.07, 6.45) is -6.86. The molecule has 0 saturated heterocycles. The molecule has 1 aromatic heterocycles. The third kappa shape index (κ3) is 3.93. The van der Waals surface area contributed by atoms with Crippen LogP contribution >= 0.6 is 0 Å². The Morgan fingerprint density at radius 1 is 1.56 bits per heavy atom. The van der Waals surface area contributed by atoms with Crippen LogP contribution in [0.5, 0.6) is 0 Å². The minimum atomic E-state index is -4.70. The van der Waals surface area contributed by atoms with E-state index in [4.69, 9.17) is 9.52 Å². The fourth-order valence-corrected chi connectivity index (χ4v) is 1.01. The van der Waals surface area contributed by atoms with Gasteiger partial charge in [0.1, 0.15) is 12.4 Å². The maximum atomic E-state index is 12.3. The Hall–Kier alpha value is -1.50. The number of carboxylic acids is 1. The van der Waals surface area contributed by atoms with Crippen LogP contribution in [0, 0.1) is 0 Å². The predicted octanol–water partition coefficient (Wildman–Crippen LogP) is 2.20. The lowest BCUT2D eigenvalue weighted by Gasteiger charge is -2.18. The molecule has 4 nitrogen and oxygen atoms in total. The second kappa shape index (κ2) is 5.02. The number of aliphatic carboxylic acids is 1. The highest BCUT2D eigenvalue weighted by molar-refractivity contribution is 5.67. The summed E-state index contributed by atoms with van der Waals surface area (Å²) in [4.78, 5) is 10.2. The van der Waals surface area contributed by atoms with E-state index in [1.165, 1.54) is 18.4 Å². The molecule has 0 aliphatic carbocycles. The monoisotopic (exact) mass is 238 g/mol. The van der Waals surface area contributed by atoms with Gasteiger partial charge in [0, 0.05) is 0 Å². The van der Waals surface area contributed by atoms with Crippen LogP contribution in [0.1, 0.15) is 12.2 Å². The Morgan fingerprint density at radius 3 is 2.69 bits per heavy atom. The number of halogens is 3. The fraction of sp³-hybridized carbons (Fsp3) is 0.444. The number of furan rings is 1. The predicted molar refractivity (Wildman–Crippen MR) is 45.6 cm³/mol. The molecule has 1 rings (SSSR count). The molecule has 0 aliphatic rings. The molecule has 16 heavy (non-hydrogen) atoms. The Kier molecular flexibility index (Phi) is 3.94. The lowest BCUT2D eigenvalue weighted by molar-refractivity contribution is -0.228. The molecule has 1 atom stereocenters. The molecule has 1 unspecified atom stereocenters. The van der Waals surface area contributed by atoms with Crippen LogP contribution in [-0.4, -0.2) is 23.4 Å². The maximum absolute atomic E-state index is 12.3. The average Bonchev–Trinajstić information content (AvgIpc) is 2.62. The summed E-state index contributed by atoms with van der Waals surface area (Å²) < 4.78 is 46.1. The van der Waals surface area contributed by atoms with E-state index in [0.717, 1.165) is 0 Å². The van der Waals surface area contributed by atoms with Gasteiger partial charge in [0.05, 0.1) is 12.7 Å². The van der Waals surface area contributed by atoms with E-state index in [-0.39, 0.29) is 5.76 Å². The quantitative estimate of drug-likeness (QED) is 0.854. The molecule has 0 fully saturated rings. The highest BCUT2D eigenvalue weighted by Gasteiger charge is 2.42. The molecule has 0 bridgehead atoms. The number of hydrogen-bond acceptors (Lipinski definition) is 3. The van der Waals surface area contributed by atoms with Crippen molar-refractivity contribution >= 4 is 5.97 Å². The van der Waals surface area contributed by atoms with Crippen molar-refractivity contribution < 1.29 is 32.2 Å². The SMILES string of the molecule is O=C(O)CC(OCc1ccco1)C(F)(F)F. The van der Waals surface area contributed by atoms with Crippen molar-refractivity contribution in [2.24, 2.45) is 0 Å². The van der Waals surface area contributed by atoms with Gasteiger partial charge in [-0.25, -0.2) is 0 Å². The second-order valence-electron chi connectivity index (χ2n) is 3.02. The molecule has 1 N–H and O–H groups in total. The molecule has 0 aromatic carbocycles. The Labute approximate surface area is 88.6 Å². The molecule has 0 spiro atoms. The smallest absolute Gasteiger partial charge is 0.415 e. The van der Waals surface area contributed by atoms with Gasteiger partial charge in [-0.3, -0.25) is 4.79 Å². The summed E-state index contributed by atoms with van der Waals surface area (Å²) >= 11 is 0. The minimum Gasteiger partial charge on any atom is -0.481 e. The standard InChI is InChI=1S/C9H9F3O4/c10-9(11,12)7(4-8(13)14)16-5-6-2-1-3-15-6/h1-3,7H,4-5H2,(H,13,14). The summed E-state index contributed by atoms with van der Waals surface area (Å²) in [7, 11) is 0. The van der Waals surface area contributed by atoms with Gasteiger partial charge in [-0.1, -0.05) is 0 Å². The summed E-state index contributed by atoms with van der Waals surface area (Å²) in [5, 5.41) is 8.30. The van der Waals surface area contributed by atoms with Crippen LogP contribution < -0.4 is 0 Å². The van der Waals surface area contributed by atoms with Crippen molar-refractivity contribution in [2.45, 2.75) is 25.3 Å². The first-order valence-corrected chi connectivity index (χ1v) is 4.32. The number of ether oxygens (including phenoxy) is 1. The average molecular weight is 238 g/mol. The van der Waals surface area contributed by atoms with Crippen molar-refractivity contribution in [3.05, 3.63) is 24.2 Å². The van der Waals surface area contributed by atoms with Crippen LogP contribution in [0.4, 0.5) is 13.2 Å². The third-order valence-electron chi connectivity index (χ3n) is 1.73. The van der Waals surface area contributed by atoms with E-state index in [1.54, 1.807) is 0 Å². The number of carbonyl (C=O) groups is 1. The van der Waals surface area contributed by atoms with Gasteiger partial charge in [-0.15, -0.1) is 0 Å². The zero-order chi connectivity index (χ0) is 12.2. The van der Waals surface area contributed by atoms with Gasteiger partial charge in [-0.05, 0) is 12.1 Å². The molecular formula is C9H9F3O4. The number of hydrogen-bond donors (Lipinski definition) is 1. The van der Waals surface area contributed by atoms with Crippen LogP contribution in [0.3, 0.4) is 0 Å². The molecule has 1 aromatic rings. The van der Waals surface area contributed by atoms with E-state index < -0.39 is 31.3 Å². The van der Waals surface area contributed by atoms with Crippen molar-refractivity contribution in [1.82, 2.24) is 0 Å². The van der Waals surface area contributed by atoms with E-state index >= 15 is 0 Å². The van der Waals surface area contributed by atoms with E-state index in [2.05, 4.69) is 4.74 Å². The van der Waals surface area contributed by atoms with Gasteiger partial charge >= 0.3 is 12.1 Å². The van der Waals surface area contributed by atoms with Gasteiger partial charge in [0.15, 0.2) is 6.10 Å². The van der Waals surface area contributed by atoms with Gasteiger partial charge in [0.2, 0.25) is 0 Å². The first-order valence-electron chi connectivity index (χ1n) is 4.32. The molecule has 1 heterocycles. The summed E-state index contributed by atoms with van der Waals surface area (Å²) in [6.45, 7) is -0.412. The normalized spacial score (nSPS) is 13.7. The topological polar surface area (TPSA) is 59.7 Å². The molecule has 0 amide bonds. The Bertz CT molecular complexity index is 331. The molecule has 0 aliphatic heterocycles. The largest absolute Gasteiger partial charge is 0.481 e. The van der Waals surface area contributed by atoms with Crippen LogP contribution in [0.15, 0.2) is 22.8 Å². The van der Waals surface area contributed by atoms with Crippen LogP contribution in [0.2, 0.25) is 0 Å². The molecule has 7 heteroatoms. The van der Waals surface area contributed by atoms with Gasteiger partial charge in [0.25, 0.3) is 0 Å². The van der Waals surface area contributed by atoms with Crippen molar-refractivity contribution in [3.63, 3.8) is 0 Å². The summed E-state index contributed by atoms with van der Waals surface area (Å²) in [5.41, 5.74) is 0. The molecule has 90 valence electrons. The van der Waals surface area contributed by atoms with Crippen molar-refractivity contribution in [2.75, 3.05) is 0 Å². The van der Waals surface area contributed by atoms with Crippen LogP contribution in [-0.2, 0) is 16.1 Å². The second-order valence-corrected chi connectivity index (χ2v) is 3.02. The Balaban J connectivity index is 2.54. The summed E-state index contributed by atoms with van der Waals surface area (Å²) in [6, 6.07) is 2.94. The van der Waals surface area contributed by atoms with Gasteiger partial charge in [-0.2, -0.15) is 13.2 Å². The van der Waals surface area contributed by atoms with Crippen molar-refractivity contribution in [3.8, 4) is 0 Å². The molecule has 0 saturated carbocycles. The fourth-order valence-electron chi connectivity index (χ4n) is 1.01. The van der Waals surface area contributed by atoms with E-state index in [1.807, 2.05) is 0 Å². The number of alkyl halides is 3. The molecular weight excluding hydrogens is 229 g/mol. The lowest BCUT2D eigenvalue weighted by Crippen LogP contribution is -2.33. The maximum Gasteiger partial charge on any atom is 0.415 e. The first kappa shape index (κ1) is 12.6. The highest BCUT2D eigenvalue weighted by Crippen LogP contribution is 2.26. The van der Waals surface area contributed by atoms with Crippen molar-refractivity contribution in [1.29, 1.82) is 0 Å². The number of carboxylic acid groups (broad SMARTS) is 1. The zero-order valence-electron chi connectivity index (χ0n) is 8.03. The summed E-state index contributed by atoms with van der Waals surface area (Å²) in [5.74, 6) is -1.36. The van der Waals surface area contributed by atoms with Crippen LogP contribution in [0.25, 0.3) is 0 Å². The Morgan fingerprint density at radius 2 is 2.25 bits per heavy atom. The van der Waals surface area contributed by atoms with E-state index in [9.17, 15) is 18.0 Å². The van der Waals surface area contributed by atoms with E-state index in [0.29, 0.717) is 0 Å². The van der Waals surface area contributed by atoms with Gasteiger partial charge < -0.3 is 14.3 Å². The lowest BCUT2D eigenvalue weighted by atomic mass is 10.2. The first-order chi connectivity index (χ1) is 7.39. The molecule has 0 radical (unpaired) electrons.